The highest BCUT2D eigenvalue weighted by atomic mass is 35.5. The second-order valence-corrected chi connectivity index (χ2v) is 6.48. The summed E-state index contributed by atoms with van der Waals surface area (Å²) in [6, 6.07) is 14.8. The van der Waals surface area contributed by atoms with Crippen LogP contribution in [0.1, 0.15) is 26.3 Å². The SMILES string of the molecule is O=C(N/N=C\c1cccc(NC(=O)c2ccc(Cl)cc2Cl)c1)c1ccncc1. The number of anilines is 1. The lowest BCUT2D eigenvalue weighted by Crippen LogP contribution is -2.17. The number of hydrogen-bond acceptors (Lipinski definition) is 4. The molecule has 2 aromatic carbocycles. The van der Waals surface area contributed by atoms with E-state index >= 15 is 0 Å². The van der Waals surface area contributed by atoms with E-state index in [2.05, 4.69) is 20.8 Å². The lowest BCUT2D eigenvalue weighted by Gasteiger charge is -2.07. The Balaban J connectivity index is 1.65. The van der Waals surface area contributed by atoms with E-state index in [1.807, 2.05) is 0 Å². The van der Waals surface area contributed by atoms with Crippen molar-refractivity contribution in [2.75, 3.05) is 5.32 Å². The van der Waals surface area contributed by atoms with Gasteiger partial charge in [-0.1, -0.05) is 35.3 Å². The van der Waals surface area contributed by atoms with E-state index in [9.17, 15) is 9.59 Å². The molecule has 1 aromatic heterocycles. The highest BCUT2D eigenvalue weighted by Gasteiger charge is 2.11. The molecule has 8 heteroatoms. The Kier molecular flexibility index (Phi) is 6.37. The first kappa shape index (κ1) is 19.5. The van der Waals surface area contributed by atoms with E-state index in [-0.39, 0.29) is 16.8 Å². The Morgan fingerprint density at radius 2 is 1.75 bits per heavy atom. The van der Waals surface area contributed by atoms with Gasteiger partial charge in [0.15, 0.2) is 0 Å². The van der Waals surface area contributed by atoms with Gasteiger partial charge in [0.1, 0.15) is 0 Å². The fourth-order valence-electron chi connectivity index (χ4n) is 2.30. The third-order valence-electron chi connectivity index (χ3n) is 3.64. The maximum atomic E-state index is 12.4. The van der Waals surface area contributed by atoms with Gasteiger partial charge < -0.3 is 5.32 Å². The number of nitrogens with one attached hydrogen (secondary N) is 2. The molecule has 0 radical (unpaired) electrons. The second kappa shape index (κ2) is 9.12. The Bertz CT molecular complexity index is 1040. The van der Waals surface area contributed by atoms with Crippen molar-refractivity contribution in [1.82, 2.24) is 10.4 Å². The van der Waals surface area contributed by atoms with Crippen LogP contribution in [0.2, 0.25) is 10.0 Å². The first-order valence-electron chi connectivity index (χ1n) is 8.13. The normalized spacial score (nSPS) is 10.6. The number of halogens is 2. The number of carbonyl (C=O) groups is 2. The van der Waals surface area contributed by atoms with Gasteiger partial charge in [-0.25, -0.2) is 5.43 Å². The van der Waals surface area contributed by atoms with Crippen LogP contribution in [0.4, 0.5) is 5.69 Å². The fraction of sp³-hybridized carbons (Fsp3) is 0. The molecule has 6 nitrogen and oxygen atoms in total. The van der Waals surface area contributed by atoms with Crippen LogP contribution in [0, 0.1) is 0 Å². The van der Waals surface area contributed by atoms with Crippen molar-refractivity contribution in [1.29, 1.82) is 0 Å². The molecule has 0 aliphatic carbocycles. The van der Waals surface area contributed by atoms with Crippen molar-refractivity contribution in [3.05, 3.63) is 93.7 Å². The smallest absolute Gasteiger partial charge is 0.271 e. The number of amides is 2. The number of pyridine rings is 1. The Morgan fingerprint density at radius 1 is 0.964 bits per heavy atom. The van der Waals surface area contributed by atoms with Gasteiger partial charge in [0.05, 0.1) is 16.8 Å². The predicted octanol–water partition coefficient (Wildman–Crippen LogP) is 4.40. The van der Waals surface area contributed by atoms with Gasteiger partial charge in [0.2, 0.25) is 0 Å². The topological polar surface area (TPSA) is 83.5 Å². The molecule has 0 saturated heterocycles. The van der Waals surface area contributed by atoms with E-state index in [0.717, 1.165) is 0 Å². The molecule has 0 fully saturated rings. The maximum absolute atomic E-state index is 12.4. The fourth-order valence-corrected chi connectivity index (χ4v) is 2.80. The molecule has 1 heterocycles. The molecule has 0 aliphatic heterocycles. The van der Waals surface area contributed by atoms with Crippen molar-refractivity contribution in [3.63, 3.8) is 0 Å². The average molecular weight is 413 g/mol. The minimum atomic E-state index is -0.359. The Hall–Kier alpha value is -3.22. The monoisotopic (exact) mass is 412 g/mol. The summed E-state index contributed by atoms with van der Waals surface area (Å²) in [5.41, 5.74) is 4.44. The van der Waals surface area contributed by atoms with E-state index in [1.165, 1.54) is 24.7 Å². The second-order valence-electron chi connectivity index (χ2n) is 5.64. The van der Waals surface area contributed by atoms with Gasteiger partial charge in [-0.2, -0.15) is 5.10 Å². The summed E-state index contributed by atoms with van der Waals surface area (Å²) in [6.07, 6.45) is 4.53. The summed E-state index contributed by atoms with van der Waals surface area (Å²) in [5, 5.41) is 7.41. The molecular formula is C20H14Cl2N4O2. The molecule has 3 aromatic rings. The highest BCUT2D eigenvalue weighted by Crippen LogP contribution is 2.22. The van der Waals surface area contributed by atoms with Crippen molar-refractivity contribution < 1.29 is 9.59 Å². The number of hydrogen-bond donors (Lipinski definition) is 2. The lowest BCUT2D eigenvalue weighted by atomic mass is 10.2. The molecule has 0 spiro atoms. The van der Waals surface area contributed by atoms with Crippen LogP contribution in [-0.4, -0.2) is 23.0 Å². The van der Waals surface area contributed by atoms with Crippen LogP contribution >= 0.6 is 23.2 Å². The van der Waals surface area contributed by atoms with Gasteiger partial charge in [0.25, 0.3) is 11.8 Å². The minimum absolute atomic E-state index is 0.265. The largest absolute Gasteiger partial charge is 0.322 e. The van der Waals surface area contributed by atoms with Crippen LogP contribution < -0.4 is 10.7 Å². The van der Waals surface area contributed by atoms with Gasteiger partial charge in [0, 0.05) is 28.7 Å². The van der Waals surface area contributed by atoms with Gasteiger partial charge in [-0.3, -0.25) is 14.6 Å². The van der Waals surface area contributed by atoms with E-state index in [1.54, 1.807) is 48.5 Å². The zero-order valence-electron chi connectivity index (χ0n) is 14.4. The van der Waals surface area contributed by atoms with Gasteiger partial charge in [-0.05, 0) is 48.0 Å². The number of benzene rings is 2. The Labute approximate surface area is 171 Å². The summed E-state index contributed by atoms with van der Waals surface area (Å²) in [5.74, 6) is -0.706. The lowest BCUT2D eigenvalue weighted by molar-refractivity contribution is 0.0954. The van der Waals surface area contributed by atoms with E-state index < -0.39 is 0 Å². The van der Waals surface area contributed by atoms with Gasteiger partial charge >= 0.3 is 0 Å². The third-order valence-corrected chi connectivity index (χ3v) is 4.19. The number of hydrazone groups is 1. The van der Waals surface area contributed by atoms with Crippen LogP contribution in [0.25, 0.3) is 0 Å². The molecular weight excluding hydrogens is 399 g/mol. The molecule has 3 rings (SSSR count). The molecule has 2 amide bonds. The molecule has 140 valence electrons. The molecule has 0 aliphatic rings. The predicted molar refractivity (Wildman–Crippen MR) is 110 cm³/mol. The minimum Gasteiger partial charge on any atom is -0.322 e. The van der Waals surface area contributed by atoms with Crippen LogP contribution in [0.3, 0.4) is 0 Å². The maximum Gasteiger partial charge on any atom is 0.271 e. The Morgan fingerprint density at radius 3 is 2.50 bits per heavy atom. The van der Waals surface area contributed by atoms with Crippen LogP contribution in [0.5, 0.6) is 0 Å². The summed E-state index contributed by atoms with van der Waals surface area (Å²) in [7, 11) is 0. The first-order chi connectivity index (χ1) is 13.5. The number of rotatable bonds is 5. The quantitative estimate of drug-likeness (QED) is 0.480. The van der Waals surface area contributed by atoms with E-state index in [4.69, 9.17) is 23.2 Å². The highest BCUT2D eigenvalue weighted by molar-refractivity contribution is 6.37. The van der Waals surface area contributed by atoms with Crippen molar-refractivity contribution in [2.24, 2.45) is 5.10 Å². The van der Waals surface area contributed by atoms with Crippen molar-refractivity contribution in [2.45, 2.75) is 0 Å². The van der Waals surface area contributed by atoms with Crippen LogP contribution in [-0.2, 0) is 0 Å². The zero-order chi connectivity index (χ0) is 19.9. The molecule has 2 N–H and O–H groups in total. The molecule has 0 unspecified atom stereocenters. The van der Waals surface area contributed by atoms with Gasteiger partial charge in [-0.15, -0.1) is 0 Å². The third kappa shape index (κ3) is 5.16. The van der Waals surface area contributed by atoms with Crippen molar-refractivity contribution >= 4 is 46.9 Å². The molecule has 0 atom stereocenters. The average Bonchev–Trinajstić information content (AvgIpc) is 2.68. The first-order valence-corrected chi connectivity index (χ1v) is 8.88. The molecule has 28 heavy (non-hydrogen) atoms. The summed E-state index contributed by atoms with van der Waals surface area (Å²) in [6.45, 7) is 0. The number of nitrogens with zero attached hydrogens (tertiary/aromatic N) is 2. The molecule has 0 bridgehead atoms. The molecule has 0 saturated carbocycles. The summed E-state index contributed by atoms with van der Waals surface area (Å²) < 4.78 is 0. The number of carbonyl (C=O) groups excluding carboxylic acids is 2. The van der Waals surface area contributed by atoms with Crippen molar-refractivity contribution in [3.8, 4) is 0 Å². The summed E-state index contributed by atoms with van der Waals surface area (Å²) >= 11 is 11.9. The van der Waals surface area contributed by atoms with Crippen LogP contribution in [0.15, 0.2) is 72.1 Å². The zero-order valence-corrected chi connectivity index (χ0v) is 15.9. The van der Waals surface area contributed by atoms with E-state index in [0.29, 0.717) is 27.4 Å². The summed E-state index contributed by atoms with van der Waals surface area (Å²) in [4.78, 5) is 28.2. The number of aromatic nitrogens is 1. The standard InChI is InChI=1S/C20H14Cl2N4O2/c21-15-4-5-17(18(22)11-15)20(28)25-16-3-1-2-13(10-16)12-24-26-19(27)14-6-8-23-9-7-14/h1-12H,(H,25,28)(H,26,27)/b24-12-.